The Bertz CT molecular complexity index is 1020. The fourth-order valence-electron chi connectivity index (χ4n) is 2.95. The van der Waals surface area contributed by atoms with Crippen LogP contribution in [0.15, 0.2) is 53.3 Å². The van der Waals surface area contributed by atoms with Crippen LogP contribution in [0.5, 0.6) is 23.0 Å². The third-order valence-corrected chi connectivity index (χ3v) is 4.24. The topological polar surface area (TPSA) is 69.8 Å². The van der Waals surface area contributed by atoms with Crippen molar-refractivity contribution in [3.8, 4) is 45.4 Å². The van der Waals surface area contributed by atoms with Gasteiger partial charge in [-0.15, -0.1) is 0 Å². The minimum Gasteiger partial charge on any atom is -0.493 e. The molecule has 6 heteroatoms. The molecule has 1 N–H and O–H groups in total. The molecule has 132 valence electrons. The molecule has 3 aromatic rings. The summed E-state index contributed by atoms with van der Waals surface area (Å²) in [6, 6.07) is 14.6. The lowest BCUT2D eigenvalue weighted by atomic mass is 10.0. The van der Waals surface area contributed by atoms with Crippen LogP contribution in [-0.4, -0.2) is 26.0 Å². The molecule has 0 amide bonds. The highest BCUT2D eigenvalue weighted by Gasteiger charge is 2.15. The summed E-state index contributed by atoms with van der Waals surface area (Å²) >= 11 is 0. The number of methoxy groups -OCH3 is 2. The SMILES string of the molecule is COc1ccc(-c2cc(-c3ccc4c(c3)OCO4)cc(=O)[nH]2)cc1OC. The van der Waals surface area contributed by atoms with Crippen molar-refractivity contribution >= 4 is 0 Å². The fraction of sp³-hybridized carbons (Fsp3) is 0.150. The minimum absolute atomic E-state index is 0.190. The summed E-state index contributed by atoms with van der Waals surface area (Å²) in [4.78, 5) is 15.1. The predicted octanol–water partition coefficient (Wildman–Crippen LogP) is 3.45. The summed E-state index contributed by atoms with van der Waals surface area (Å²) in [5.74, 6) is 2.61. The Morgan fingerprint density at radius 2 is 1.58 bits per heavy atom. The highest BCUT2D eigenvalue weighted by Crippen LogP contribution is 2.37. The summed E-state index contributed by atoms with van der Waals surface area (Å²) in [6.45, 7) is 0.213. The molecule has 4 rings (SSSR count). The molecule has 1 aliphatic heterocycles. The number of aromatic nitrogens is 1. The van der Waals surface area contributed by atoms with Gasteiger partial charge in [0.1, 0.15) is 0 Å². The first kappa shape index (κ1) is 16.1. The smallest absolute Gasteiger partial charge is 0.249 e. The molecule has 0 saturated heterocycles. The van der Waals surface area contributed by atoms with Crippen molar-refractivity contribution in [2.45, 2.75) is 0 Å². The van der Waals surface area contributed by atoms with E-state index in [9.17, 15) is 4.79 Å². The average molecular weight is 351 g/mol. The highest BCUT2D eigenvalue weighted by molar-refractivity contribution is 5.73. The number of nitrogens with one attached hydrogen (secondary N) is 1. The van der Waals surface area contributed by atoms with Gasteiger partial charge in [-0.05, 0) is 47.5 Å². The zero-order valence-corrected chi connectivity index (χ0v) is 14.4. The van der Waals surface area contributed by atoms with Gasteiger partial charge in [-0.1, -0.05) is 6.07 Å². The van der Waals surface area contributed by atoms with Crippen LogP contribution in [0.3, 0.4) is 0 Å². The molecule has 0 bridgehead atoms. The number of hydrogen-bond donors (Lipinski definition) is 1. The monoisotopic (exact) mass is 351 g/mol. The first-order valence-electron chi connectivity index (χ1n) is 8.05. The molecule has 0 atom stereocenters. The molecule has 6 nitrogen and oxygen atoms in total. The number of rotatable bonds is 4. The van der Waals surface area contributed by atoms with Crippen LogP contribution in [0.25, 0.3) is 22.4 Å². The first-order valence-corrected chi connectivity index (χ1v) is 8.05. The van der Waals surface area contributed by atoms with E-state index in [4.69, 9.17) is 18.9 Å². The molecule has 26 heavy (non-hydrogen) atoms. The van der Waals surface area contributed by atoms with Crippen molar-refractivity contribution in [1.29, 1.82) is 0 Å². The van der Waals surface area contributed by atoms with Crippen LogP contribution in [0.2, 0.25) is 0 Å². The van der Waals surface area contributed by atoms with E-state index in [0.29, 0.717) is 28.7 Å². The number of fused-ring (bicyclic) bond motifs is 1. The number of pyridine rings is 1. The molecule has 1 aliphatic rings. The van der Waals surface area contributed by atoms with Crippen molar-refractivity contribution in [2.24, 2.45) is 0 Å². The standard InChI is InChI=1S/C20H17NO5/c1-23-16-5-4-13(9-18(16)24-2)15-7-14(10-20(22)21-15)12-3-6-17-19(8-12)26-11-25-17/h3-10H,11H2,1-2H3,(H,21,22). The quantitative estimate of drug-likeness (QED) is 0.780. The van der Waals surface area contributed by atoms with E-state index in [1.54, 1.807) is 26.4 Å². The Hall–Kier alpha value is -3.41. The molecular weight excluding hydrogens is 334 g/mol. The zero-order valence-electron chi connectivity index (χ0n) is 14.4. The summed E-state index contributed by atoms with van der Waals surface area (Å²) in [6.07, 6.45) is 0. The molecule has 0 fully saturated rings. The van der Waals surface area contributed by atoms with E-state index in [1.165, 1.54) is 0 Å². The van der Waals surface area contributed by atoms with E-state index >= 15 is 0 Å². The lowest BCUT2D eigenvalue weighted by Gasteiger charge is -2.11. The van der Waals surface area contributed by atoms with Gasteiger partial charge in [0.05, 0.1) is 14.2 Å². The van der Waals surface area contributed by atoms with E-state index in [-0.39, 0.29) is 12.4 Å². The Labute approximate surface area is 149 Å². The maximum atomic E-state index is 12.2. The maximum absolute atomic E-state index is 12.2. The minimum atomic E-state index is -0.190. The van der Waals surface area contributed by atoms with Gasteiger partial charge in [0.2, 0.25) is 12.4 Å². The molecular formula is C20H17NO5. The second-order valence-electron chi connectivity index (χ2n) is 5.78. The molecule has 1 aromatic heterocycles. The number of ether oxygens (including phenoxy) is 4. The second-order valence-corrected chi connectivity index (χ2v) is 5.78. The molecule has 0 radical (unpaired) electrons. The molecule has 0 aliphatic carbocycles. The molecule has 0 saturated carbocycles. The summed E-state index contributed by atoms with van der Waals surface area (Å²) in [5, 5.41) is 0. The maximum Gasteiger partial charge on any atom is 0.249 e. The van der Waals surface area contributed by atoms with Gasteiger partial charge >= 0.3 is 0 Å². The molecule has 2 aromatic carbocycles. The summed E-state index contributed by atoms with van der Waals surface area (Å²) in [5.41, 5.74) is 2.98. The van der Waals surface area contributed by atoms with Gasteiger partial charge in [-0.25, -0.2) is 0 Å². The Kier molecular flexibility index (Phi) is 4.01. The van der Waals surface area contributed by atoms with Gasteiger partial charge in [0.25, 0.3) is 0 Å². The van der Waals surface area contributed by atoms with Crippen LogP contribution in [0, 0.1) is 0 Å². The van der Waals surface area contributed by atoms with Crippen LogP contribution in [0.1, 0.15) is 0 Å². The lowest BCUT2D eigenvalue weighted by Crippen LogP contribution is -2.06. The van der Waals surface area contributed by atoms with Gasteiger partial charge in [-0.3, -0.25) is 4.79 Å². The Balaban J connectivity index is 1.79. The third kappa shape index (κ3) is 2.86. The van der Waals surface area contributed by atoms with Crippen molar-refractivity contribution in [1.82, 2.24) is 4.98 Å². The van der Waals surface area contributed by atoms with Gasteiger partial charge in [0.15, 0.2) is 23.0 Å². The number of hydrogen-bond acceptors (Lipinski definition) is 5. The van der Waals surface area contributed by atoms with Crippen molar-refractivity contribution < 1.29 is 18.9 Å². The average Bonchev–Trinajstić information content (AvgIpc) is 3.14. The Morgan fingerprint density at radius 3 is 2.38 bits per heavy atom. The number of aromatic amines is 1. The highest BCUT2D eigenvalue weighted by atomic mass is 16.7. The molecule has 0 spiro atoms. The van der Waals surface area contributed by atoms with E-state index in [1.807, 2.05) is 36.4 Å². The second kappa shape index (κ2) is 6.48. The molecule has 2 heterocycles. The van der Waals surface area contributed by atoms with E-state index in [2.05, 4.69) is 4.98 Å². The van der Waals surface area contributed by atoms with Crippen LogP contribution in [-0.2, 0) is 0 Å². The van der Waals surface area contributed by atoms with Crippen molar-refractivity contribution in [3.05, 3.63) is 58.9 Å². The van der Waals surface area contributed by atoms with Crippen molar-refractivity contribution in [2.75, 3.05) is 21.0 Å². The van der Waals surface area contributed by atoms with Crippen LogP contribution >= 0.6 is 0 Å². The predicted molar refractivity (Wildman–Crippen MR) is 97.2 cm³/mol. The number of H-pyrrole nitrogens is 1. The summed E-state index contributed by atoms with van der Waals surface area (Å²) in [7, 11) is 3.16. The largest absolute Gasteiger partial charge is 0.493 e. The van der Waals surface area contributed by atoms with E-state index in [0.717, 1.165) is 16.7 Å². The zero-order chi connectivity index (χ0) is 18.1. The Morgan fingerprint density at radius 1 is 0.808 bits per heavy atom. The van der Waals surface area contributed by atoms with Gasteiger partial charge < -0.3 is 23.9 Å². The third-order valence-electron chi connectivity index (χ3n) is 4.24. The lowest BCUT2D eigenvalue weighted by molar-refractivity contribution is 0.174. The van der Waals surface area contributed by atoms with Gasteiger partial charge in [0, 0.05) is 17.3 Å². The van der Waals surface area contributed by atoms with E-state index < -0.39 is 0 Å². The summed E-state index contributed by atoms with van der Waals surface area (Å²) < 4.78 is 21.4. The normalized spacial score (nSPS) is 12.1. The number of benzene rings is 2. The first-order chi connectivity index (χ1) is 12.7. The van der Waals surface area contributed by atoms with Crippen molar-refractivity contribution in [3.63, 3.8) is 0 Å². The van der Waals surface area contributed by atoms with Crippen LogP contribution in [0.4, 0.5) is 0 Å². The molecule has 0 unspecified atom stereocenters. The van der Waals surface area contributed by atoms with Gasteiger partial charge in [-0.2, -0.15) is 0 Å². The fourth-order valence-corrected chi connectivity index (χ4v) is 2.95. The van der Waals surface area contributed by atoms with Crippen LogP contribution < -0.4 is 24.5 Å².